The average molecular weight is 199 g/mol. The van der Waals surface area contributed by atoms with Gasteiger partial charge in [-0.05, 0) is 6.07 Å². The SMILES string of the molecule is CC(CC(=O)O)c1ccc([N+](=O)[O-])o1. The maximum atomic E-state index is 10.3. The van der Waals surface area contributed by atoms with Crippen molar-refractivity contribution >= 4 is 11.9 Å². The summed E-state index contributed by atoms with van der Waals surface area (Å²) in [6.45, 7) is 1.64. The van der Waals surface area contributed by atoms with Crippen LogP contribution in [-0.4, -0.2) is 16.0 Å². The number of hydrogen-bond acceptors (Lipinski definition) is 4. The minimum Gasteiger partial charge on any atom is -0.481 e. The highest BCUT2D eigenvalue weighted by atomic mass is 16.6. The fourth-order valence-corrected chi connectivity index (χ4v) is 1.07. The van der Waals surface area contributed by atoms with E-state index in [0.29, 0.717) is 5.76 Å². The van der Waals surface area contributed by atoms with Gasteiger partial charge in [-0.15, -0.1) is 0 Å². The van der Waals surface area contributed by atoms with Crippen LogP contribution >= 0.6 is 0 Å². The van der Waals surface area contributed by atoms with Crippen molar-refractivity contribution in [3.63, 3.8) is 0 Å². The van der Waals surface area contributed by atoms with Crippen molar-refractivity contribution in [2.75, 3.05) is 0 Å². The second-order valence-corrected chi connectivity index (χ2v) is 2.93. The second-order valence-electron chi connectivity index (χ2n) is 2.93. The van der Waals surface area contributed by atoms with Crippen molar-refractivity contribution in [2.24, 2.45) is 0 Å². The Balaban J connectivity index is 2.76. The molecule has 1 rings (SSSR count). The third-order valence-electron chi connectivity index (χ3n) is 1.76. The molecule has 76 valence electrons. The summed E-state index contributed by atoms with van der Waals surface area (Å²) in [5.41, 5.74) is 0. The number of nitro groups is 1. The van der Waals surface area contributed by atoms with Crippen molar-refractivity contribution in [1.29, 1.82) is 0 Å². The smallest absolute Gasteiger partial charge is 0.433 e. The zero-order valence-electron chi connectivity index (χ0n) is 7.47. The molecule has 0 aliphatic heterocycles. The third-order valence-corrected chi connectivity index (χ3v) is 1.76. The molecule has 1 atom stereocenters. The van der Waals surface area contributed by atoms with Crippen molar-refractivity contribution in [1.82, 2.24) is 0 Å². The summed E-state index contributed by atoms with van der Waals surface area (Å²) in [4.78, 5) is 19.9. The molecule has 6 heteroatoms. The van der Waals surface area contributed by atoms with Gasteiger partial charge in [0.2, 0.25) is 0 Å². The molecular formula is C8H9NO5. The molecule has 1 heterocycles. The van der Waals surface area contributed by atoms with Crippen LogP contribution < -0.4 is 0 Å². The van der Waals surface area contributed by atoms with Gasteiger partial charge in [-0.25, -0.2) is 0 Å². The van der Waals surface area contributed by atoms with Crippen LogP contribution in [0.5, 0.6) is 0 Å². The predicted molar refractivity (Wildman–Crippen MR) is 46.0 cm³/mol. The number of carbonyl (C=O) groups is 1. The number of aliphatic carboxylic acids is 1. The standard InChI is InChI=1S/C8H9NO5/c1-5(4-8(10)11)6-2-3-7(14-6)9(12)13/h2-3,5H,4H2,1H3,(H,10,11). The minimum absolute atomic E-state index is 0.106. The fourth-order valence-electron chi connectivity index (χ4n) is 1.07. The van der Waals surface area contributed by atoms with Gasteiger partial charge in [0.05, 0.1) is 12.5 Å². The van der Waals surface area contributed by atoms with Crippen LogP contribution in [-0.2, 0) is 4.79 Å². The van der Waals surface area contributed by atoms with Gasteiger partial charge in [0.1, 0.15) is 10.7 Å². The Hall–Kier alpha value is -1.85. The van der Waals surface area contributed by atoms with Gasteiger partial charge in [0, 0.05) is 5.92 Å². The maximum absolute atomic E-state index is 10.3. The van der Waals surface area contributed by atoms with Crippen LogP contribution in [0.25, 0.3) is 0 Å². The number of hydrogen-bond donors (Lipinski definition) is 1. The van der Waals surface area contributed by atoms with Crippen LogP contribution in [0.4, 0.5) is 5.88 Å². The topological polar surface area (TPSA) is 93.6 Å². The first-order chi connectivity index (χ1) is 6.50. The van der Waals surface area contributed by atoms with Crippen LogP contribution in [0.15, 0.2) is 16.5 Å². The molecule has 0 bridgehead atoms. The lowest BCUT2D eigenvalue weighted by molar-refractivity contribution is -0.402. The third kappa shape index (κ3) is 2.32. The van der Waals surface area contributed by atoms with E-state index < -0.39 is 10.9 Å². The lowest BCUT2D eigenvalue weighted by Crippen LogP contribution is -2.01. The Bertz CT molecular complexity index is 356. The van der Waals surface area contributed by atoms with Gasteiger partial charge in [0.15, 0.2) is 0 Å². The van der Waals surface area contributed by atoms with E-state index in [1.807, 2.05) is 0 Å². The Kier molecular flexibility index (Phi) is 2.85. The van der Waals surface area contributed by atoms with Gasteiger partial charge in [-0.3, -0.25) is 14.9 Å². The van der Waals surface area contributed by atoms with E-state index in [1.165, 1.54) is 12.1 Å². The predicted octanol–water partition coefficient (Wildman–Crippen LogP) is 1.77. The molecule has 0 spiro atoms. The highest BCUT2D eigenvalue weighted by Crippen LogP contribution is 2.24. The summed E-state index contributed by atoms with van der Waals surface area (Å²) < 4.78 is 4.85. The molecule has 0 aromatic carbocycles. The largest absolute Gasteiger partial charge is 0.481 e. The molecule has 14 heavy (non-hydrogen) atoms. The van der Waals surface area contributed by atoms with E-state index in [0.717, 1.165) is 0 Å². The van der Waals surface area contributed by atoms with Crippen LogP contribution in [0.1, 0.15) is 25.0 Å². The first kappa shape index (κ1) is 10.2. The summed E-state index contributed by atoms with van der Waals surface area (Å²) in [6, 6.07) is 2.64. The Morgan fingerprint density at radius 2 is 2.36 bits per heavy atom. The molecule has 0 radical (unpaired) electrons. The van der Waals surface area contributed by atoms with E-state index in [-0.39, 0.29) is 18.2 Å². The highest BCUT2D eigenvalue weighted by molar-refractivity contribution is 5.67. The van der Waals surface area contributed by atoms with Gasteiger partial charge in [0.25, 0.3) is 0 Å². The van der Waals surface area contributed by atoms with Gasteiger partial charge < -0.3 is 9.52 Å². The van der Waals surface area contributed by atoms with E-state index in [1.54, 1.807) is 6.92 Å². The summed E-state index contributed by atoms with van der Waals surface area (Å²) in [6.07, 6.45) is -0.106. The first-order valence-corrected chi connectivity index (χ1v) is 3.96. The van der Waals surface area contributed by atoms with Crippen LogP contribution in [0.3, 0.4) is 0 Å². The van der Waals surface area contributed by atoms with E-state index in [9.17, 15) is 14.9 Å². The molecule has 1 unspecified atom stereocenters. The van der Waals surface area contributed by atoms with Crippen molar-refractivity contribution in [2.45, 2.75) is 19.3 Å². The Morgan fingerprint density at radius 3 is 2.79 bits per heavy atom. The Morgan fingerprint density at radius 1 is 1.71 bits per heavy atom. The van der Waals surface area contributed by atoms with Crippen LogP contribution in [0, 0.1) is 10.1 Å². The van der Waals surface area contributed by atoms with E-state index in [2.05, 4.69) is 0 Å². The quantitative estimate of drug-likeness (QED) is 0.589. The molecular weight excluding hydrogens is 190 g/mol. The molecule has 0 aliphatic carbocycles. The van der Waals surface area contributed by atoms with Crippen molar-refractivity contribution < 1.29 is 19.2 Å². The molecule has 6 nitrogen and oxygen atoms in total. The van der Waals surface area contributed by atoms with Crippen molar-refractivity contribution in [3.8, 4) is 0 Å². The average Bonchev–Trinajstić information content (AvgIpc) is 2.50. The molecule has 1 aromatic heterocycles. The van der Waals surface area contributed by atoms with E-state index in [4.69, 9.17) is 9.52 Å². The van der Waals surface area contributed by atoms with Crippen molar-refractivity contribution in [3.05, 3.63) is 28.0 Å². The zero-order valence-corrected chi connectivity index (χ0v) is 7.47. The maximum Gasteiger partial charge on any atom is 0.433 e. The Labute approximate surface area is 79.3 Å². The molecule has 1 aromatic rings. The second kappa shape index (κ2) is 3.91. The molecule has 0 amide bonds. The van der Waals surface area contributed by atoms with Gasteiger partial charge >= 0.3 is 11.9 Å². The summed E-state index contributed by atoms with van der Waals surface area (Å²) in [7, 11) is 0. The molecule has 0 saturated carbocycles. The molecule has 0 saturated heterocycles. The minimum atomic E-state index is -0.962. The first-order valence-electron chi connectivity index (χ1n) is 3.96. The number of carboxylic acids is 1. The molecule has 0 aliphatic rings. The number of carboxylic acid groups (broad SMARTS) is 1. The monoisotopic (exact) mass is 199 g/mol. The lowest BCUT2D eigenvalue weighted by atomic mass is 10.1. The molecule has 1 N–H and O–H groups in total. The zero-order chi connectivity index (χ0) is 10.7. The van der Waals surface area contributed by atoms with Gasteiger partial charge in [-0.2, -0.15) is 0 Å². The number of furan rings is 1. The summed E-state index contributed by atoms with van der Waals surface area (Å²) in [5, 5.41) is 18.7. The number of rotatable bonds is 4. The summed E-state index contributed by atoms with van der Waals surface area (Å²) in [5.74, 6) is -1.37. The molecule has 0 fully saturated rings. The lowest BCUT2D eigenvalue weighted by Gasteiger charge is -2.02. The van der Waals surface area contributed by atoms with E-state index >= 15 is 0 Å². The highest BCUT2D eigenvalue weighted by Gasteiger charge is 2.18. The van der Waals surface area contributed by atoms with Gasteiger partial charge in [-0.1, -0.05) is 6.92 Å². The normalized spacial score (nSPS) is 12.4. The van der Waals surface area contributed by atoms with Crippen LogP contribution in [0.2, 0.25) is 0 Å². The number of nitrogens with zero attached hydrogens (tertiary/aromatic N) is 1. The summed E-state index contributed by atoms with van der Waals surface area (Å²) >= 11 is 0. The fraction of sp³-hybridized carbons (Fsp3) is 0.375.